The predicted octanol–water partition coefficient (Wildman–Crippen LogP) is 1.90. The Labute approximate surface area is 107 Å². The number of benzene rings is 1. The van der Waals surface area contributed by atoms with Crippen LogP contribution in [0.3, 0.4) is 0 Å². The lowest BCUT2D eigenvalue weighted by atomic mass is 10.1. The van der Waals surface area contributed by atoms with E-state index in [9.17, 15) is 4.79 Å². The lowest BCUT2D eigenvalue weighted by Gasteiger charge is -2.17. The molecular weight excluding hydrogens is 230 g/mol. The normalized spacial score (nSPS) is 10.9. The van der Waals surface area contributed by atoms with Gasteiger partial charge in [0.25, 0.3) is 5.91 Å². The van der Waals surface area contributed by atoms with Gasteiger partial charge in [0, 0.05) is 5.56 Å². The first kappa shape index (κ1) is 13.9. The van der Waals surface area contributed by atoms with Crippen LogP contribution in [0.25, 0.3) is 0 Å². The highest BCUT2D eigenvalue weighted by molar-refractivity contribution is 5.93. The third kappa shape index (κ3) is 3.42. The van der Waals surface area contributed by atoms with E-state index in [-0.39, 0.29) is 11.9 Å². The number of hydrogen-bond acceptors (Lipinski definition) is 3. The average molecular weight is 247 g/mol. The first-order valence-electron chi connectivity index (χ1n) is 5.57. The Balaban J connectivity index is 2.97. The number of carbonyl (C=O) groups excluding carboxylic acids is 1. The van der Waals surface area contributed by atoms with E-state index in [1.807, 2.05) is 25.1 Å². The van der Waals surface area contributed by atoms with Crippen molar-refractivity contribution in [3.63, 3.8) is 0 Å². The molecule has 1 rings (SSSR count). The maximum absolute atomic E-state index is 11.4. The second-order valence-electron chi connectivity index (χ2n) is 3.68. The molecule has 0 bridgehead atoms. The molecule has 0 saturated carbocycles. The lowest BCUT2D eigenvalue weighted by Crippen LogP contribution is -2.25. The highest BCUT2D eigenvalue weighted by atomic mass is 16.5. The fourth-order valence-electron chi connectivity index (χ4n) is 1.60. The molecule has 1 unspecified atom stereocenters. The van der Waals surface area contributed by atoms with E-state index in [4.69, 9.17) is 9.47 Å². The number of methoxy groups -OCH3 is 2. The molecule has 0 aliphatic rings. The van der Waals surface area contributed by atoms with Crippen LogP contribution >= 0.6 is 0 Å². The Kier molecular flexibility index (Phi) is 5.06. The standard InChI is InChI=1S/C14H17NO3/c1-5-6-14(16)15-10(2)12-9-11(17-3)7-8-13(12)18-4/h7-10H,1-4H3,(H,15,16). The van der Waals surface area contributed by atoms with E-state index in [0.29, 0.717) is 11.5 Å². The summed E-state index contributed by atoms with van der Waals surface area (Å²) in [5.74, 6) is 6.11. The van der Waals surface area contributed by atoms with E-state index in [1.54, 1.807) is 21.1 Å². The molecule has 0 fully saturated rings. The summed E-state index contributed by atoms with van der Waals surface area (Å²) in [6.07, 6.45) is 0. The van der Waals surface area contributed by atoms with Crippen molar-refractivity contribution in [2.45, 2.75) is 19.9 Å². The molecule has 1 aromatic carbocycles. The molecule has 0 heterocycles. The van der Waals surface area contributed by atoms with Crippen molar-refractivity contribution in [1.82, 2.24) is 5.32 Å². The minimum absolute atomic E-state index is 0.205. The smallest absolute Gasteiger partial charge is 0.296 e. The average Bonchev–Trinajstić information content (AvgIpc) is 2.38. The highest BCUT2D eigenvalue weighted by Gasteiger charge is 2.14. The van der Waals surface area contributed by atoms with Gasteiger partial charge in [-0.05, 0) is 38.0 Å². The van der Waals surface area contributed by atoms with Crippen molar-refractivity contribution in [2.75, 3.05) is 14.2 Å². The molecule has 4 heteroatoms. The van der Waals surface area contributed by atoms with Gasteiger partial charge in [-0.2, -0.15) is 0 Å². The summed E-state index contributed by atoms with van der Waals surface area (Å²) >= 11 is 0. The van der Waals surface area contributed by atoms with Gasteiger partial charge in [-0.15, -0.1) is 0 Å². The van der Waals surface area contributed by atoms with Gasteiger partial charge in [0.2, 0.25) is 0 Å². The van der Waals surface area contributed by atoms with Crippen LogP contribution in [0.15, 0.2) is 18.2 Å². The molecule has 18 heavy (non-hydrogen) atoms. The van der Waals surface area contributed by atoms with Crippen LogP contribution in [0.4, 0.5) is 0 Å². The molecule has 1 amide bonds. The van der Waals surface area contributed by atoms with Crippen LogP contribution in [-0.4, -0.2) is 20.1 Å². The fraction of sp³-hybridized carbons (Fsp3) is 0.357. The van der Waals surface area contributed by atoms with Gasteiger partial charge in [0.05, 0.1) is 20.3 Å². The number of rotatable bonds is 4. The number of amides is 1. The van der Waals surface area contributed by atoms with E-state index in [0.717, 1.165) is 5.56 Å². The molecule has 0 aliphatic heterocycles. The van der Waals surface area contributed by atoms with Gasteiger partial charge in [0.15, 0.2) is 0 Å². The van der Waals surface area contributed by atoms with E-state index in [1.165, 1.54) is 0 Å². The van der Waals surface area contributed by atoms with E-state index >= 15 is 0 Å². The van der Waals surface area contributed by atoms with Crippen LogP contribution in [0, 0.1) is 11.8 Å². The van der Waals surface area contributed by atoms with Crippen LogP contribution in [0.5, 0.6) is 11.5 Å². The SMILES string of the molecule is CC#CC(=O)NC(C)c1cc(OC)ccc1OC. The number of nitrogens with one attached hydrogen (secondary N) is 1. The van der Waals surface area contributed by atoms with Crippen molar-refractivity contribution < 1.29 is 14.3 Å². The largest absolute Gasteiger partial charge is 0.497 e. The monoisotopic (exact) mass is 247 g/mol. The van der Waals surface area contributed by atoms with Gasteiger partial charge in [-0.25, -0.2) is 0 Å². The zero-order valence-electron chi connectivity index (χ0n) is 11.0. The summed E-state index contributed by atoms with van der Waals surface area (Å²) in [5.41, 5.74) is 0.850. The fourth-order valence-corrected chi connectivity index (χ4v) is 1.60. The van der Waals surface area contributed by atoms with E-state index in [2.05, 4.69) is 17.2 Å². The summed E-state index contributed by atoms with van der Waals surface area (Å²) in [5, 5.41) is 2.78. The van der Waals surface area contributed by atoms with E-state index < -0.39 is 0 Å². The molecule has 0 aliphatic carbocycles. The topological polar surface area (TPSA) is 47.6 Å². The molecule has 1 atom stereocenters. The molecule has 1 N–H and O–H groups in total. The summed E-state index contributed by atoms with van der Waals surface area (Å²) in [6.45, 7) is 3.49. The van der Waals surface area contributed by atoms with Crippen molar-refractivity contribution in [3.05, 3.63) is 23.8 Å². The van der Waals surface area contributed by atoms with Gasteiger partial charge in [-0.3, -0.25) is 4.79 Å². The van der Waals surface area contributed by atoms with Crippen LogP contribution in [0.2, 0.25) is 0 Å². The molecule has 96 valence electrons. The maximum atomic E-state index is 11.4. The highest BCUT2D eigenvalue weighted by Crippen LogP contribution is 2.29. The van der Waals surface area contributed by atoms with Crippen molar-refractivity contribution >= 4 is 5.91 Å². The first-order chi connectivity index (χ1) is 8.62. The molecule has 0 radical (unpaired) electrons. The molecule has 0 spiro atoms. The molecule has 0 saturated heterocycles. The first-order valence-corrected chi connectivity index (χ1v) is 5.57. The zero-order valence-corrected chi connectivity index (χ0v) is 11.0. The predicted molar refractivity (Wildman–Crippen MR) is 69.6 cm³/mol. The second-order valence-corrected chi connectivity index (χ2v) is 3.68. The van der Waals surface area contributed by atoms with Crippen molar-refractivity contribution in [3.8, 4) is 23.3 Å². The minimum atomic E-state index is -0.310. The molecule has 1 aromatic rings. The molecular formula is C14H17NO3. The Bertz CT molecular complexity index is 486. The number of carbonyl (C=O) groups is 1. The summed E-state index contributed by atoms with van der Waals surface area (Å²) in [6, 6.07) is 5.25. The van der Waals surface area contributed by atoms with Crippen LogP contribution in [0.1, 0.15) is 25.5 Å². The molecule has 0 aromatic heterocycles. The zero-order chi connectivity index (χ0) is 13.5. The Hall–Kier alpha value is -2.15. The molecule has 4 nitrogen and oxygen atoms in total. The minimum Gasteiger partial charge on any atom is -0.497 e. The van der Waals surface area contributed by atoms with Gasteiger partial charge >= 0.3 is 0 Å². The third-order valence-corrected chi connectivity index (χ3v) is 2.49. The Morgan fingerprint density at radius 1 is 1.33 bits per heavy atom. The van der Waals surface area contributed by atoms with Crippen LogP contribution < -0.4 is 14.8 Å². The quantitative estimate of drug-likeness (QED) is 0.827. The summed E-state index contributed by atoms with van der Waals surface area (Å²) < 4.78 is 10.4. The van der Waals surface area contributed by atoms with Gasteiger partial charge < -0.3 is 14.8 Å². The van der Waals surface area contributed by atoms with Gasteiger partial charge in [-0.1, -0.05) is 5.92 Å². The Morgan fingerprint density at radius 3 is 2.61 bits per heavy atom. The van der Waals surface area contributed by atoms with Crippen molar-refractivity contribution in [2.24, 2.45) is 0 Å². The summed E-state index contributed by atoms with van der Waals surface area (Å²) in [7, 11) is 3.18. The summed E-state index contributed by atoms with van der Waals surface area (Å²) in [4.78, 5) is 11.4. The van der Waals surface area contributed by atoms with Crippen molar-refractivity contribution in [1.29, 1.82) is 0 Å². The second kappa shape index (κ2) is 6.55. The Morgan fingerprint density at radius 2 is 2.06 bits per heavy atom. The maximum Gasteiger partial charge on any atom is 0.296 e. The number of hydrogen-bond donors (Lipinski definition) is 1. The van der Waals surface area contributed by atoms with Crippen LogP contribution in [-0.2, 0) is 4.79 Å². The lowest BCUT2D eigenvalue weighted by molar-refractivity contribution is -0.116. The third-order valence-electron chi connectivity index (χ3n) is 2.49. The number of ether oxygens (including phenoxy) is 2. The van der Waals surface area contributed by atoms with Gasteiger partial charge in [0.1, 0.15) is 11.5 Å².